The molecule has 12 nitrogen and oxygen atoms in total. The van der Waals surface area contributed by atoms with Gasteiger partial charge in [0.1, 0.15) is 12.1 Å². The second-order valence-corrected chi connectivity index (χ2v) is 13.2. The Morgan fingerprint density at radius 1 is 1.12 bits per heavy atom. The van der Waals surface area contributed by atoms with Crippen molar-refractivity contribution >= 4 is 44.5 Å². The van der Waals surface area contributed by atoms with E-state index in [2.05, 4.69) is 10.0 Å². The van der Waals surface area contributed by atoms with Crippen LogP contribution >= 0.6 is 0 Å². The number of piperidine rings is 2. The minimum absolute atomic E-state index is 0.0169. The Morgan fingerprint density at radius 2 is 1.86 bits per heavy atom. The zero-order valence-electron chi connectivity index (χ0n) is 24.8. The average Bonchev–Trinajstić information content (AvgIpc) is 2.99. The lowest BCUT2D eigenvalue weighted by molar-refractivity contribution is -0.158. The van der Waals surface area contributed by atoms with Crippen LogP contribution in [0.1, 0.15) is 46.0 Å². The summed E-state index contributed by atoms with van der Waals surface area (Å²) in [5.41, 5.74) is 5.63. The maximum atomic E-state index is 14.0. The molecule has 2 aliphatic rings. The van der Waals surface area contributed by atoms with E-state index in [-0.39, 0.29) is 35.8 Å². The Kier molecular flexibility index (Phi) is 10.6. The third kappa shape index (κ3) is 8.23. The lowest BCUT2D eigenvalue weighted by Gasteiger charge is -2.38. The van der Waals surface area contributed by atoms with Crippen molar-refractivity contribution in [3.63, 3.8) is 0 Å². The number of ether oxygens (including phenoxy) is 1. The molecule has 4 rings (SSSR count). The Labute approximate surface area is 252 Å². The van der Waals surface area contributed by atoms with Crippen LogP contribution in [0.4, 0.5) is 0 Å². The molecule has 0 unspecified atom stereocenters. The van der Waals surface area contributed by atoms with Gasteiger partial charge in [0.15, 0.2) is 5.96 Å². The fraction of sp³-hybridized carbons (Fsp3) is 0.533. The Balaban J connectivity index is 1.55. The van der Waals surface area contributed by atoms with Gasteiger partial charge in [-0.1, -0.05) is 37.3 Å². The highest BCUT2D eigenvalue weighted by Gasteiger charge is 2.40. The van der Waals surface area contributed by atoms with Crippen molar-refractivity contribution in [1.82, 2.24) is 19.8 Å². The average molecular weight is 615 g/mol. The van der Waals surface area contributed by atoms with Gasteiger partial charge in [-0.15, -0.1) is 0 Å². The zero-order valence-corrected chi connectivity index (χ0v) is 25.6. The number of nitrogens with two attached hydrogens (primary N) is 1. The van der Waals surface area contributed by atoms with Gasteiger partial charge in [0.25, 0.3) is 0 Å². The summed E-state index contributed by atoms with van der Waals surface area (Å²) < 4.78 is 34.9. The monoisotopic (exact) mass is 614 g/mol. The third-order valence-electron chi connectivity index (χ3n) is 8.17. The minimum atomic E-state index is -4.23. The van der Waals surface area contributed by atoms with Gasteiger partial charge >= 0.3 is 5.97 Å². The van der Waals surface area contributed by atoms with Crippen LogP contribution in [0.25, 0.3) is 10.8 Å². The number of sulfonamides is 1. The highest BCUT2D eigenvalue weighted by atomic mass is 32.2. The SMILES string of the molecule is CCOC(=O)[C@H]1C[C@H](C)CCN1C(=O)[C@H](CC(=O)NC[C@@H]1CCCN(C(=N)N)C1)NS(=O)(=O)c1ccc2ccccc2c1. The topological polar surface area (TPSA) is 175 Å². The summed E-state index contributed by atoms with van der Waals surface area (Å²) in [6.07, 6.45) is 2.24. The molecule has 0 saturated carbocycles. The van der Waals surface area contributed by atoms with Crippen LogP contribution in [0, 0.1) is 17.2 Å². The molecule has 0 aromatic heterocycles. The number of benzene rings is 2. The molecule has 0 spiro atoms. The molecule has 43 heavy (non-hydrogen) atoms. The molecule has 2 saturated heterocycles. The molecule has 0 aliphatic carbocycles. The predicted molar refractivity (Wildman–Crippen MR) is 162 cm³/mol. The van der Waals surface area contributed by atoms with E-state index in [0.717, 1.165) is 18.2 Å². The van der Waals surface area contributed by atoms with Gasteiger partial charge in [0, 0.05) is 26.2 Å². The van der Waals surface area contributed by atoms with Gasteiger partial charge in [-0.25, -0.2) is 13.2 Å². The van der Waals surface area contributed by atoms with Crippen molar-refractivity contribution < 1.29 is 27.5 Å². The predicted octanol–water partition coefficient (Wildman–Crippen LogP) is 1.79. The van der Waals surface area contributed by atoms with Gasteiger partial charge in [0.05, 0.1) is 17.9 Å². The Hall–Kier alpha value is -3.71. The van der Waals surface area contributed by atoms with E-state index in [4.69, 9.17) is 15.9 Å². The number of esters is 1. The molecule has 2 aromatic carbocycles. The Morgan fingerprint density at radius 3 is 2.58 bits per heavy atom. The number of carbonyl (C=O) groups is 3. The fourth-order valence-electron chi connectivity index (χ4n) is 5.80. The first-order valence-corrected chi connectivity index (χ1v) is 16.3. The van der Waals surface area contributed by atoms with Gasteiger partial charge in [-0.05, 0) is 67.3 Å². The number of rotatable bonds is 10. The molecule has 234 valence electrons. The minimum Gasteiger partial charge on any atom is -0.464 e. The lowest BCUT2D eigenvalue weighted by atomic mass is 9.91. The molecule has 13 heteroatoms. The maximum Gasteiger partial charge on any atom is 0.328 e. The number of hydrogen-bond acceptors (Lipinski definition) is 7. The van der Waals surface area contributed by atoms with Crippen LogP contribution in [0.15, 0.2) is 47.4 Å². The highest BCUT2D eigenvalue weighted by Crippen LogP contribution is 2.26. The van der Waals surface area contributed by atoms with Gasteiger partial charge in [-0.3, -0.25) is 15.0 Å². The second-order valence-electron chi connectivity index (χ2n) is 11.5. The third-order valence-corrected chi connectivity index (χ3v) is 9.64. The molecule has 0 radical (unpaired) electrons. The first-order valence-electron chi connectivity index (χ1n) is 14.8. The van der Waals surface area contributed by atoms with Crippen LogP contribution in [-0.2, 0) is 29.1 Å². The lowest BCUT2D eigenvalue weighted by Crippen LogP contribution is -2.57. The molecule has 2 aliphatic heterocycles. The molecular formula is C30H42N6O6S. The van der Waals surface area contributed by atoms with Crippen molar-refractivity contribution in [2.24, 2.45) is 17.6 Å². The van der Waals surface area contributed by atoms with Gasteiger partial charge in [0.2, 0.25) is 21.8 Å². The quantitative estimate of drug-likeness (QED) is 0.178. The summed E-state index contributed by atoms with van der Waals surface area (Å²) in [4.78, 5) is 43.0. The molecule has 2 heterocycles. The summed E-state index contributed by atoms with van der Waals surface area (Å²) in [6.45, 7) is 5.57. The first-order chi connectivity index (χ1) is 20.5. The van der Waals surface area contributed by atoms with Crippen molar-refractivity contribution in [3.8, 4) is 0 Å². The molecule has 2 amide bonds. The van der Waals surface area contributed by atoms with E-state index in [1.165, 1.54) is 17.0 Å². The molecule has 0 bridgehead atoms. The molecule has 2 fully saturated rings. The largest absolute Gasteiger partial charge is 0.464 e. The number of guanidine groups is 1. The first kappa shape index (κ1) is 32.2. The van der Waals surface area contributed by atoms with Crippen LogP contribution in [0.3, 0.4) is 0 Å². The van der Waals surface area contributed by atoms with E-state index in [1.807, 2.05) is 19.1 Å². The summed E-state index contributed by atoms with van der Waals surface area (Å²) in [6, 6.07) is 9.67. The van der Waals surface area contributed by atoms with Crippen molar-refractivity contribution in [2.75, 3.05) is 32.8 Å². The maximum absolute atomic E-state index is 14.0. The number of nitrogens with one attached hydrogen (secondary N) is 3. The summed E-state index contributed by atoms with van der Waals surface area (Å²) in [7, 11) is -4.23. The fourth-order valence-corrected chi connectivity index (χ4v) is 7.03. The summed E-state index contributed by atoms with van der Waals surface area (Å²) in [5, 5.41) is 12.1. The van der Waals surface area contributed by atoms with Gasteiger partial charge < -0.3 is 25.6 Å². The highest BCUT2D eigenvalue weighted by molar-refractivity contribution is 7.89. The van der Waals surface area contributed by atoms with Crippen LogP contribution < -0.4 is 15.8 Å². The molecule has 5 N–H and O–H groups in total. The van der Waals surface area contributed by atoms with E-state index >= 15 is 0 Å². The Bertz CT molecular complexity index is 1450. The number of carbonyl (C=O) groups excluding carboxylic acids is 3. The van der Waals surface area contributed by atoms with Gasteiger partial charge in [-0.2, -0.15) is 4.72 Å². The van der Waals surface area contributed by atoms with Crippen molar-refractivity contribution in [2.45, 2.75) is 62.9 Å². The smallest absolute Gasteiger partial charge is 0.328 e. The van der Waals surface area contributed by atoms with Crippen molar-refractivity contribution in [3.05, 3.63) is 42.5 Å². The summed E-state index contributed by atoms with van der Waals surface area (Å²) in [5.74, 6) is -1.49. The van der Waals surface area contributed by atoms with Crippen molar-refractivity contribution in [1.29, 1.82) is 5.41 Å². The van der Waals surface area contributed by atoms with E-state index in [0.29, 0.717) is 37.9 Å². The number of amides is 2. The van der Waals surface area contributed by atoms with Crippen LogP contribution in [0.5, 0.6) is 0 Å². The van der Waals surface area contributed by atoms with Crippen LogP contribution in [-0.4, -0.2) is 86.8 Å². The normalized spacial score (nSPS) is 21.7. The molecule has 4 atom stereocenters. The number of fused-ring (bicyclic) bond motifs is 1. The van der Waals surface area contributed by atoms with Crippen LogP contribution in [0.2, 0.25) is 0 Å². The van der Waals surface area contributed by atoms with E-state index in [9.17, 15) is 22.8 Å². The standard InChI is InChI=1S/C30H42N6O6S/c1-3-42-29(39)26-15-20(2)12-14-36(26)28(38)25(17-27(37)33-18-21-7-6-13-35(19-21)30(31)32)34-43(40,41)24-11-10-22-8-4-5-9-23(22)16-24/h4-5,8-11,16,20-21,25-26,34H,3,6-7,12-15,17-19H2,1-2H3,(H3,31,32)(H,33,37)/t20-,21+,25+,26-/m1/s1. The second kappa shape index (κ2) is 14.2. The number of hydrogen-bond donors (Lipinski definition) is 4. The number of likely N-dealkylation sites (tertiary alicyclic amines) is 2. The molecule has 2 aromatic rings. The zero-order chi connectivity index (χ0) is 31.1. The molecular weight excluding hydrogens is 572 g/mol. The number of nitrogens with zero attached hydrogens (tertiary/aromatic N) is 2. The van der Waals surface area contributed by atoms with E-state index < -0.39 is 46.3 Å². The summed E-state index contributed by atoms with van der Waals surface area (Å²) >= 11 is 0. The van der Waals surface area contributed by atoms with E-state index in [1.54, 1.807) is 30.0 Å².